The SMILES string of the molecule is O=C1CN(Cc2cccc(Br)c2)C(=O)N1c1ccncn1. The molecule has 1 saturated heterocycles. The maximum atomic E-state index is 12.4. The average Bonchev–Trinajstić information content (AvgIpc) is 2.74. The van der Waals surface area contributed by atoms with Gasteiger partial charge in [0.2, 0.25) is 0 Å². The van der Waals surface area contributed by atoms with Gasteiger partial charge in [-0.15, -0.1) is 0 Å². The van der Waals surface area contributed by atoms with Crippen LogP contribution in [0, 0.1) is 0 Å². The van der Waals surface area contributed by atoms with Gasteiger partial charge < -0.3 is 4.90 Å². The Morgan fingerprint density at radius 2 is 2.10 bits per heavy atom. The molecule has 0 N–H and O–H groups in total. The highest BCUT2D eigenvalue weighted by Gasteiger charge is 2.37. The van der Waals surface area contributed by atoms with E-state index in [2.05, 4.69) is 25.9 Å². The third-order valence-corrected chi connectivity index (χ3v) is 3.59. The number of benzene rings is 1. The standard InChI is InChI=1S/C14H11BrN4O2/c15-11-3-1-2-10(6-11)7-18-8-13(20)19(14(18)21)12-4-5-16-9-17-12/h1-6,9H,7-8H2. The van der Waals surface area contributed by atoms with E-state index in [9.17, 15) is 9.59 Å². The van der Waals surface area contributed by atoms with E-state index < -0.39 is 0 Å². The summed E-state index contributed by atoms with van der Waals surface area (Å²) in [5.74, 6) is 0.0189. The van der Waals surface area contributed by atoms with Crippen molar-refractivity contribution in [1.82, 2.24) is 14.9 Å². The van der Waals surface area contributed by atoms with Gasteiger partial charge in [-0.1, -0.05) is 28.1 Å². The molecule has 0 bridgehead atoms. The molecule has 0 radical (unpaired) electrons. The summed E-state index contributed by atoms with van der Waals surface area (Å²) in [4.78, 5) is 34.7. The van der Waals surface area contributed by atoms with Gasteiger partial charge in [-0.25, -0.2) is 19.7 Å². The molecule has 1 aromatic carbocycles. The molecule has 1 aliphatic heterocycles. The van der Waals surface area contributed by atoms with Crippen molar-refractivity contribution in [3.63, 3.8) is 0 Å². The van der Waals surface area contributed by atoms with Crippen LogP contribution in [0.2, 0.25) is 0 Å². The molecule has 1 aliphatic rings. The summed E-state index contributed by atoms with van der Waals surface area (Å²) in [7, 11) is 0. The third kappa shape index (κ3) is 2.78. The molecule has 0 atom stereocenters. The molecule has 21 heavy (non-hydrogen) atoms. The second-order valence-corrected chi connectivity index (χ2v) is 5.48. The van der Waals surface area contributed by atoms with Crippen molar-refractivity contribution in [2.24, 2.45) is 0 Å². The molecule has 0 spiro atoms. The minimum atomic E-state index is -0.362. The number of anilines is 1. The lowest BCUT2D eigenvalue weighted by molar-refractivity contribution is -0.116. The Kier molecular flexibility index (Phi) is 3.66. The van der Waals surface area contributed by atoms with Crippen LogP contribution >= 0.6 is 15.9 Å². The summed E-state index contributed by atoms with van der Waals surface area (Å²) < 4.78 is 0.936. The second kappa shape index (κ2) is 5.61. The maximum absolute atomic E-state index is 12.4. The number of hydrogen-bond acceptors (Lipinski definition) is 4. The first kappa shape index (κ1) is 13.7. The molecule has 3 rings (SSSR count). The summed E-state index contributed by atoms with van der Waals surface area (Å²) in [6.07, 6.45) is 2.81. The number of hydrogen-bond donors (Lipinski definition) is 0. The quantitative estimate of drug-likeness (QED) is 0.799. The number of aromatic nitrogens is 2. The monoisotopic (exact) mass is 346 g/mol. The Bertz CT molecular complexity index is 692. The van der Waals surface area contributed by atoms with Crippen molar-refractivity contribution in [3.05, 3.63) is 52.9 Å². The topological polar surface area (TPSA) is 66.4 Å². The van der Waals surface area contributed by atoms with Crippen molar-refractivity contribution < 1.29 is 9.59 Å². The predicted molar refractivity (Wildman–Crippen MR) is 79.5 cm³/mol. The predicted octanol–water partition coefficient (Wildman–Crippen LogP) is 2.21. The van der Waals surface area contributed by atoms with E-state index in [0.29, 0.717) is 12.4 Å². The minimum absolute atomic E-state index is 0.0509. The van der Waals surface area contributed by atoms with Crippen LogP contribution in [0.15, 0.2) is 47.3 Å². The Morgan fingerprint density at radius 3 is 2.81 bits per heavy atom. The molecule has 2 heterocycles. The summed E-state index contributed by atoms with van der Waals surface area (Å²) in [6.45, 7) is 0.431. The van der Waals surface area contributed by atoms with Gasteiger partial charge in [-0.2, -0.15) is 0 Å². The van der Waals surface area contributed by atoms with Crippen molar-refractivity contribution in [1.29, 1.82) is 0 Å². The van der Waals surface area contributed by atoms with E-state index >= 15 is 0 Å². The number of amides is 3. The summed E-state index contributed by atoms with van der Waals surface area (Å²) in [5, 5.41) is 0. The second-order valence-electron chi connectivity index (χ2n) is 4.57. The fourth-order valence-electron chi connectivity index (χ4n) is 2.17. The number of carbonyl (C=O) groups is 2. The first-order valence-electron chi connectivity index (χ1n) is 6.27. The molecule has 0 saturated carbocycles. The van der Waals surface area contributed by atoms with E-state index in [-0.39, 0.29) is 18.5 Å². The highest BCUT2D eigenvalue weighted by atomic mass is 79.9. The highest BCUT2D eigenvalue weighted by molar-refractivity contribution is 9.10. The molecule has 0 aliphatic carbocycles. The van der Waals surface area contributed by atoms with Crippen molar-refractivity contribution in [2.45, 2.75) is 6.54 Å². The minimum Gasteiger partial charge on any atom is -0.310 e. The van der Waals surface area contributed by atoms with Crippen molar-refractivity contribution >= 4 is 33.7 Å². The third-order valence-electron chi connectivity index (χ3n) is 3.10. The molecule has 0 unspecified atom stereocenters. The summed E-state index contributed by atoms with van der Waals surface area (Å²) in [6, 6.07) is 8.82. The lowest BCUT2D eigenvalue weighted by atomic mass is 10.2. The van der Waals surface area contributed by atoms with Crippen LogP contribution in [0.1, 0.15) is 5.56 Å². The largest absolute Gasteiger partial charge is 0.333 e. The Labute approximate surface area is 129 Å². The number of nitrogens with zero attached hydrogens (tertiary/aromatic N) is 4. The number of halogens is 1. The van der Waals surface area contributed by atoms with Crippen molar-refractivity contribution in [3.8, 4) is 0 Å². The summed E-state index contributed by atoms with van der Waals surface area (Å²) >= 11 is 3.39. The van der Waals surface area contributed by atoms with Gasteiger partial charge in [0.15, 0.2) is 0 Å². The van der Waals surface area contributed by atoms with Crippen LogP contribution in [0.25, 0.3) is 0 Å². The molecule has 6 nitrogen and oxygen atoms in total. The number of carbonyl (C=O) groups excluding carboxylic acids is 2. The van der Waals surface area contributed by atoms with Gasteiger partial charge in [0.1, 0.15) is 18.7 Å². The van der Waals surface area contributed by atoms with Crippen LogP contribution in [0.3, 0.4) is 0 Å². The Morgan fingerprint density at radius 1 is 1.24 bits per heavy atom. The van der Waals surface area contributed by atoms with Crippen LogP contribution in [0.4, 0.5) is 10.6 Å². The zero-order valence-corrected chi connectivity index (χ0v) is 12.5. The first-order valence-corrected chi connectivity index (χ1v) is 7.07. The maximum Gasteiger partial charge on any atom is 0.333 e. The van der Waals surface area contributed by atoms with Crippen LogP contribution in [0.5, 0.6) is 0 Å². The lowest BCUT2D eigenvalue weighted by Crippen LogP contribution is -2.33. The van der Waals surface area contributed by atoms with E-state index in [1.54, 1.807) is 6.07 Å². The molecule has 3 amide bonds. The fraction of sp³-hybridized carbons (Fsp3) is 0.143. The molecular weight excluding hydrogens is 336 g/mol. The lowest BCUT2D eigenvalue weighted by Gasteiger charge is -2.16. The van der Waals surface area contributed by atoms with E-state index in [1.165, 1.54) is 17.4 Å². The van der Waals surface area contributed by atoms with Crippen LogP contribution < -0.4 is 4.90 Å². The molecule has 1 aromatic heterocycles. The van der Waals surface area contributed by atoms with E-state index in [1.807, 2.05) is 24.3 Å². The number of imide groups is 1. The van der Waals surface area contributed by atoms with Crippen molar-refractivity contribution in [2.75, 3.05) is 11.4 Å². The Balaban J connectivity index is 1.81. The van der Waals surface area contributed by atoms with E-state index in [0.717, 1.165) is 14.9 Å². The average molecular weight is 347 g/mol. The molecule has 7 heteroatoms. The highest BCUT2D eigenvalue weighted by Crippen LogP contribution is 2.21. The zero-order chi connectivity index (χ0) is 14.8. The van der Waals surface area contributed by atoms with Gasteiger partial charge in [0, 0.05) is 17.2 Å². The first-order chi connectivity index (χ1) is 10.1. The van der Waals surface area contributed by atoms with Gasteiger partial charge in [-0.3, -0.25) is 4.79 Å². The fourth-order valence-corrected chi connectivity index (χ4v) is 2.62. The summed E-state index contributed by atoms with van der Waals surface area (Å²) in [5.41, 5.74) is 0.954. The van der Waals surface area contributed by atoms with Crippen LogP contribution in [-0.2, 0) is 11.3 Å². The van der Waals surface area contributed by atoms with Gasteiger partial charge in [0.25, 0.3) is 5.91 Å². The molecular formula is C14H11BrN4O2. The van der Waals surface area contributed by atoms with Gasteiger partial charge >= 0.3 is 6.03 Å². The molecule has 2 aromatic rings. The molecule has 106 valence electrons. The van der Waals surface area contributed by atoms with Crippen LogP contribution in [-0.4, -0.2) is 33.4 Å². The zero-order valence-electron chi connectivity index (χ0n) is 10.9. The Hall–Kier alpha value is -2.28. The normalized spacial score (nSPS) is 14.9. The van der Waals surface area contributed by atoms with Gasteiger partial charge in [0.05, 0.1) is 0 Å². The number of urea groups is 1. The van der Waals surface area contributed by atoms with E-state index in [4.69, 9.17) is 0 Å². The van der Waals surface area contributed by atoms with Gasteiger partial charge in [-0.05, 0) is 23.8 Å². The molecule has 1 fully saturated rings. The number of rotatable bonds is 3. The smallest absolute Gasteiger partial charge is 0.310 e.